The van der Waals surface area contributed by atoms with Gasteiger partial charge in [0.25, 0.3) is 0 Å². The van der Waals surface area contributed by atoms with E-state index in [4.69, 9.17) is 5.11 Å². The molecule has 0 radical (unpaired) electrons. The quantitative estimate of drug-likeness (QED) is 0.839. The van der Waals surface area contributed by atoms with Crippen LogP contribution in [-0.4, -0.2) is 21.8 Å². The predicted octanol–water partition coefficient (Wildman–Crippen LogP) is 2.02. The molecule has 96 valence electrons. The first-order valence-corrected chi connectivity index (χ1v) is 6.60. The standard InChI is InChI=1S/C15H18O3/c16-14(17)9-15(18)12-5-6-13(15)8-11-4-2-1-3-10(11)7-12/h1-4,12-13,18H,5-9H2,(H,16,17). The largest absolute Gasteiger partial charge is 0.481 e. The molecule has 2 bridgehead atoms. The summed E-state index contributed by atoms with van der Waals surface area (Å²) in [4.78, 5) is 11.0. The van der Waals surface area contributed by atoms with Crippen molar-refractivity contribution in [2.75, 3.05) is 0 Å². The van der Waals surface area contributed by atoms with Gasteiger partial charge in [0.1, 0.15) is 0 Å². The van der Waals surface area contributed by atoms with Gasteiger partial charge in [0.15, 0.2) is 0 Å². The molecular formula is C15H18O3. The Bertz CT molecular complexity index is 447. The van der Waals surface area contributed by atoms with E-state index in [1.54, 1.807) is 0 Å². The van der Waals surface area contributed by atoms with Crippen LogP contribution in [-0.2, 0) is 17.6 Å². The second kappa shape index (κ2) is 4.09. The van der Waals surface area contributed by atoms with Gasteiger partial charge in [-0.25, -0.2) is 0 Å². The first-order chi connectivity index (χ1) is 8.59. The summed E-state index contributed by atoms with van der Waals surface area (Å²) in [6, 6.07) is 8.26. The minimum Gasteiger partial charge on any atom is -0.481 e. The van der Waals surface area contributed by atoms with E-state index >= 15 is 0 Å². The molecule has 2 N–H and O–H groups in total. The van der Waals surface area contributed by atoms with Gasteiger partial charge in [-0.05, 0) is 48.6 Å². The van der Waals surface area contributed by atoms with Gasteiger partial charge in [0, 0.05) is 0 Å². The molecule has 1 fully saturated rings. The molecule has 1 saturated carbocycles. The average molecular weight is 246 g/mol. The maximum absolute atomic E-state index is 11.0. The van der Waals surface area contributed by atoms with Gasteiger partial charge in [-0.1, -0.05) is 24.3 Å². The van der Waals surface area contributed by atoms with E-state index in [2.05, 4.69) is 12.1 Å². The second-order valence-electron chi connectivity index (χ2n) is 5.71. The summed E-state index contributed by atoms with van der Waals surface area (Å²) in [6.07, 6.45) is 3.41. The first kappa shape index (κ1) is 11.7. The number of carboxylic acids is 1. The number of carboxylic acid groups (broad SMARTS) is 1. The highest BCUT2D eigenvalue weighted by molar-refractivity contribution is 5.68. The lowest BCUT2D eigenvalue weighted by molar-refractivity contribution is -0.146. The molecule has 0 saturated heterocycles. The van der Waals surface area contributed by atoms with E-state index < -0.39 is 11.6 Å². The lowest BCUT2D eigenvalue weighted by Gasteiger charge is -2.32. The van der Waals surface area contributed by atoms with Crippen molar-refractivity contribution in [3.05, 3.63) is 35.4 Å². The number of carbonyl (C=O) groups is 1. The SMILES string of the molecule is O=C(O)CC1(O)C2CCC1Cc1ccccc1C2. The monoisotopic (exact) mass is 246 g/mol. The Labute approximate surface area is 106 Å². The summed E-state index contributed by atoms with van der Waals surface area (Å²) >= 11 is 0. The van der Waals surface area contributed by atoms with Gasteiger partial charge in [-0.15, -0.1) is 0 Å². The topological polar surface area (TPSA) is 57.5 Å². The van der Waals surface area contributed by atoms with E-state index in [1.165, 1.54) is 11.1 Å². The maximum Gasteiger partial charge on any atom is 0.306 e. The van der Waals surface area contributed by atoms with Crippen molar-refractivity contribution in [3.8, 4) is 0 Å². The van der Waals surface area contributed by atoms with Crippen LogP contribution in [0.1, 0.15) is 30.4 Å². The fourth-order valence-electron chi connectivity index (χ4n) is 3.81. The Kier molecular flexibility index (Phi) is 2.67. The summed E-state index contributed by atoms with van der Waals surface area (Å²) in [5.41, 5.74) is 1.56. The molecule has 2 atom stereocenters. The lowest BCUT2D eigenvalue weighted by Crippen LogP contribution is -2.42. The van der Waals surface area contributed by atoms with Crippen LogP contribution in [0.25, 0.3) is 0 Å². The Hall–Kier alpha value is -1.35. The van der Waals surface area contributed by atoms with Gasteiger partial charge in [-0.3, -0.25) is 4.79 Å². The molecular weight excluding hydrogens is 228 g/mol. The summed E-state index contributed by atoms with van der Waals surface area (Å²) < 4.78 is 0. The second-order valence-corrected chi connectivity index (χ2v) is 5.71. The Morgan fingerprint density at radius 1 is 1.17 bits per heavy atom. The highest BCUT2D eigenvalue weighted by atomic mass is 16.4. The minimum atomic E-state index is -1.01. The van der Waals surface area contributed by atoms with E-state index in [-0.39, 0.29) is 18.3 Å². The molecule has 2 unspecified atom stereocenters. The van der Waals surface area contributed by atoms with Crippen LogP contribution in [0.3, 0.4) is 0 Å². The maximum atomic E-state index is 11.0. The van der Waals surface area contributed by atoms with Crippen LogP contribution < -0.4 is 0 Å². The van der Waals surface area contributed by atoms with Gasteiger partial charge >= 0.3 is 5.97 Å². The summed E-state index contributed by atoms with van der Waals surface area (Å²) in [5.74, 6) is -0.690. The molecule has 2 aliphatic rings. The number of aliphatic carboxylic acids is 1. The van der Waals surface area contributed by atoms with Crippen LogP contribution in [0.15, 0.2) is 24.3 Å². The van der Waals surface area contributed by atoms with Gasteiger partial charge in [-0.2, -0.15) is 0 Å². The molecule has 0 heterocycles. The average Bonchev–Trinajstić information content (AvgIpc) is 2.50. The number of fused-ring (bicyclic) bond motifs is 3. The first-order valence-electron chi connectivity index (χ1n) is 6.60. The summed E-state index contributed by atoms with van der Waals surface area (Å²) in [6.45, 7) is 0. The van der Waals surface area contributed by atoms with Crippen LogP contribution in [0.2, 0.25) is 0 Å². The zero-order chi connectivity index (χ0) is 12.8. The molecule has 1 aromatic rings. The number of benzene rings is 1. The van der Waals surface area contributed by atoms with Crippen LogP contribution in [0.4, 0.5) is 0 Å². The third-order valence-electron chi connectivity index (χ3n) is 4.76. The molecule has 2 aliphatic carbocycles. The van der Waals surface area contributed by atoms with Crippen molar-refractivity contribution in [1.82, 2.24) is 0 Å². The van der Waals surface area contributed by atoms with E-state index in [1.807, 2.05) is 12.1 Å². The van der Waals surface area contributed by atoms with Crippen LogP contribution in [0.5, 0.6) is 0 Å². The molecule has 3 heteroatoms. The van der Waals surface area contributed by atoms with Crippen molar-refractivity contribution < 1.29 is 15.0 Å². The third kappa shape index (κ3) is 1.74. The molecule has 0 amide bonds. The highest BCUT2D eigenvalue weighted by Gasteiger charge is 2.51. The Morgan fingerprint density at radius 3 is 2.11 bits per heavy atom. The van der Waals surface area contributed by atoms with Crippen molar-refractivity contribution in [1.29, 1.82) is 0 Å². The molecule has 3 rings (SSSR count). The number of rotatable bonds is 2. The fraction of sp³-hybridized carbons (Fsp3) is 0.533. The molecule has 0 spiro atoms. The third-order valence-corrected chi connectivity index (χ3v) is 4.76. The fourth-order valence-corrected chi connectivity index (χ4v) is 3.81. The molecule has 0 aromatic heterocycles. The molecule has 1 aromatic carbocycles. The van der Waals surface area contributed by atoms with Crippen molar-refractivity contribution in [2.45, 2.75) is 37.7 Å². The predicted molar refractivity (Wildman–Crippen MR) is 67.3 cm³/mol. The molecule has 3 nitrogen and oxygen atoms in total. The number of hydrogen-bond acceptors (Lipinski definition) is 2. The van der Waals surface area contributed by atoms with Gasteiger partial charge < -0.3 is 10.2 Å². The number of aliphatic hydroxyl groups is 1. The van der Waals surface area contributed by atoms with E-state index in [0.29, 0.717) is 0 Å². The Morgan fingerprint density at radius 2 is 1.67 bits per heavy atom. The minimum absolute atomic E-state index is 0.0993. The molecule has 0 aliphatic heterocycles. The summed E-state index contributed by atoms with van der Waals surface area (Å²) in [5, 5.41) is 19.9. The lowest BCUT2D eigenvalue weighted by atomic mass is 9.80. The van der Waals surface area contributed by atoms with Crippen LogP contribution >= 0.6 is 0 Å². The smallest absolute Gasteiger partial charge is 0.306 e. The van der Waals surface area contributed by atoms with E-state index in [0.717, 1.165) is 25.7 Å². The van der Waals surface area contributed by atoms with Gasteiger partial charge in [0.2, 0.25) is 0 Å². The molecule has 18 heavy (non-hydrogen) atoms. The van der Waals surface area contributed by atoms with E-state index in [9.17, 15) is 9.90 Å². The van der Waals surface area contributed by atoms with Crippen molar-refractivity contribution >= 4 is 5.97 Å². The van der Waals surface area contributed by atoms with Gasteiger partial charge in [0.05, 0.1) is 12.0 Å². The van der Waals surface area contributed by atoms with Crippen molar-refractivity contribution in [3.63, 3.8) is 0 Å². The highest BCUT2D eigenvalue weighted by Crippen LogP contribution is 2.48. The number of hydrogen-bond donors (Lipinski definition) is 2. The Balaban J connectivity index is 1.97. The normalized spacial score (nSPS) is 33.8. The van der Waals surface area contributed by atoms with Crippen LogP contribution in [0, 0.1) is 11.8 Å². The summed E-state index contributed by atoms with van der Waals surface area (Å²) in [7, 11) is 0. The zero-order valence-corrected chi connectivity index (χ0v) is 10.3. The zero-order valence-electron chi connectivity index (χ0n) is 10.3. The van der Waals surface area contributed by atoms with Crippen molar-refractivity contribution in [2.24, 2.45) is 11.8 Å².